The topological polar surface area (TPSA) is 43.8 Å². The van der Waals surface area contributed by atoms with E-state index in [1.54, 1.807) is 0 Å². The molecule has 0 unspecified atom stereocenters. The fraction of sp³-hybridized carbons (Fsp3) is 0.308. The highest BCUT2D eigenvalue weighted by atomic mass is 15.3. The molecule has 3 heteroatoms. The van der Waals surface area contributed by atoms with Crippen LogP contribution in [0.1, 0.15) is 26.5 Å². The number of anilines is 1. The molecule has 0 aliphatic rings. The predicted molar refractivity (Wildman–Crippen MR) is 66.7 cm³/mol. The lowest BCUT2D eigenvalue weighted by Gasteiger charge is -2.20. The summed E-state index contributed by atoms with van der Waals surface area (Å²) in [7, 11) is 0. The first-order valence-corrected chi connectivity index (χ1v) is 5.39. The van der Waals surface area contributed by atoms with Gasteiger partial charge in [0.1, 0.15) is 0 Å². The molecule has 0 radical (unpaired) electrons. The van der Waals surface area contributed by atoms with Gasteiger partial charge in [-0.05, 0) is 18.2 Å². The molecule has 16 heavy (non-hydrogen) atoms. The highest BCUT2D eigenvalue weighted by Gasteiger charge is 2.20. The Bertz CT molecular complexity index is 492. The first-order valence-electron chi connectivity index (χ1n) is 5.39. The van der Waals surface area contributed by atoms with E-state index in [1.165, 1.54) is 0 Å². The second-order valence-electron chi connectivity index (χ2n) is 4.94. The van der Waals surface area contributed by atoms with Gasteiger partial charge in [0, 0.05) is 17.3 Å². The van der Waals surface area contributed by atoms with Gasteiger partial charge in [-0.25, -0.2) is 4.68 Å². The molecular weight excluding hydrogens is 198 g/mol. The molecule has 0 bridgehead atoms. The van der Waals surface area contributed by atoms with Crippen molar-refractivity contribution in [3.8, 4) is 5.69 Å². The lowest BCUT2D eigenvalue weighted by molar-refractivity contribution is 0.544. The van der Waals surface area contributed by atoms with Crippen molar-refractivity contribution in [2.45, 2.75) is 26.2 Å². The molecule has 0 atom stereocenters. The predicted octanol–water partition coefficient (Wildman–Crippen LogP) is 2.75. The van der Waals surface area contributed by atoms with E-state index < -0.39 is 0 Å². The van der Waals surface area contributed by atoms with Gasteiger partial charge in [-0.3, -0.25) is 0 Å². The Morgan fingerprint density at radius 3 is 2.44 bits per heavy atom. The third-order valence-corrected chi connectivity index (χ3v) is 2.58. The fourth-order valence-corrected chi connectivity index (χ4v) is 1.74. The van der Waals surface area contributed by atoms with Crippen molar-refractivity contribution in [3.63, 3.8) is 0 Å². The summed E-state index contributed by atoms with van der Waals surface area (Å²) in [6.07, 6.45) is 1.81. The van der Waals surface area contributed by atoms with E-state index in [4.69, 9.17) is 5.73 Å². The van der Waals surface area contributed by atoms with E-state index >= 15 is 0 Å². The van der Waals surface area contributed by atoms with Crippen LogP contribution in [-0.2, 0) is 5.41 Å². The zero-order valence-electron chi connectivity index (χ0n) is 9.94. The van der Waals surface area contributed by atoms with E-state index in [2.05, 4.69) is 25.9 Å². The molecule has 0 aliphatic heterocycles. The fourth-order valence-electron chi connectivity index (χ4n) is 1.74. The van der Waals surface area contributed by atoms with Crippen LogP contribution in [0.5, 0.6) is 0 Å². The van der Waals surface area contributed by atoms with Crippen LogP contribution >= 0.6 is 0 Å². The molecule has 0 saturated heterocycles. The van der Waals surface area contributed by atoms with Gasteiger partial charge >= 0.3 is 0 Å². The van der Waals surface area contributed by atoms with Gasteiger partial charge in [-0.1, -0.05) is 32.9 Å². The van der Waals surface area contributed by atoms with Crippen LogP contribution < -0.4 is 5.73 Å². The number of nitrogens with zero attached hydrogens (tertiary/aromatic N) is 2. The van der Waals surface area contributed by atoms with E-state index in [1.807, 2.05) is 41.2 Å². The van der Waals surface area contributed by atoms with Gasteiger partial charge in [-0.15, -0.1) is 0 Å². The van der Waals surface area contributed by atoms with E-state index in [-0.39, 0.29) is 5.41 Å². The number of para-hydroxylation sites is 2. The third kappa shape index (κ3) is 1.81. The summed E-state index contributed by atoms with van der Waals surface area (Å²) in [5, 5.41) is 4.35. The van der Waals surface area contributed by atoms with Gasteiger partial charge in [0.15, 0.2) is 0 Å². The maximum atomic E-state index is 5.96. The molecule has 0 amide bonds. The molecule has 2 rings (SSSR count). The van der Waals surface area contributed by atoms with Crippen molar-refractivity contribution < 1.29 is 0 Å². The van der Waals surface area contributed by atoms with Crippen LogP contribution in [0.2, 0.25) is 0 Å². The van der Waals surface area contributed by atoms with Crippen molar-refractivity contribution in [2.24, 2.45) is 0 Å². The Morgan fingerprint density at radius 2 is 1.81 bits per heavy atom. The SMILES string of the molecule is CC(C)(C)c1ccnn1-c1ccccc1N. The van der Waals surface area contributed by atoms with Gasteiger partial charge < -0.3 is 5.73 Å². The first-order chi connectivity index (χ1) is 7.50. The Morgan fingerprint density at radius 1 is 1.12 bits per heavy atom. The number of rotatable bonds is 1. The van der Waals surface area contributed by atoms with Gasteiger partial charge in [0.05, 0.1) is 11.4 Å². The van der Waals surface area contributed by atoms with Crippen LogP contribution in [0.15, 0.2) is 36.5 Å². The Labute approximate surface area is 95.9 Å². The molecule has 0 aliphatic carbocycles. The zero-order valence-corrected chi connectivity index (χ0v) is 9.94. The normalized spacial score (nSPS) is 11.7. The lowest BCUT2D eigenvalue weighted by Crippen LogP contribution is -2.18. The van der Waals surface area contributed by atoms with Crippen LogP contribution in [0.25, 0.3) is 5.69 Å². The van der Waals surface area contributed by atoms with Crippen molar-refractivity contribution >= 4 is 5.69 Å². The van der Waals surface area contributed by atoms with Crippen molar-refractivity contribution in [1.29, 1.82) is 0 Å². The molecule has 0 fully saturated rings. The number of nitrogen functional groups attached to an aromatic ring is 1. The molecular formula is C13H17N3. The van der Waals surface area contributed by atoms with Gasteiger partial charge in [0.2, 0.25) is 0 Å². The summed E-state index contributed by atoms with van der Waals surface area (Å²) >= 11 is 0. The number of aromatic nitrogens is 2. The third-order valence-electron chi connectivity index (χ3n) is 2.58. The van der Waals surface area contributed by atoms with E-state index in [9.17, 15) is 0 Å². The van der Waals surface area contributed by atoms with E-state index in [0.29, 0.717) is 0 Å². The smallest absolute Gasteiger partial charge is 0.0878 e. The molecule has 1 aromatic heterocycles. The monoisotopic (exact) mass is 215 g/mol. The quantitative estimate of drug-likeness (QED) is 0.743. The van der Waals surface area contributed by atoms with Crippen LogP contribution in [0.4, 0.5) is 5.69 Å². The van der Waals surface area contributed by atoms with Crippen molar-refractivity contribution in [1.82, 2.24) is 9.78 Å². The summed E-state index contributed by atoms with van der Waals surface area (Å²) in [4.78, 5) is 0. The lowest BCUT2D eigenvalue weighted by atomic mass is 9.92. The zero-order chi connectivity index (χ0) is 11.8. The summed E-state index contributed by atoms with van der Waals surface area (Å²) in [6.45, 7) is 6.50. The summed E-state index contributed by atoms with van der Waals surface area (Å²) in [5.41, 5.74) is 8.86. The van der Waals surface area contributed by atoms with Crippen molar-refractivity contribution in [3.05, 3.63) is 42.2 Å². The number of nitrogens with two attached hydrogens (primary N) is 1. The minimum Gasteiger partial charge on any atom is -0.397 e. The molecule has 3 nitrogen and oxygen atoms in total. The Hall–Kier alpha value is -1.77. The molecule has 0 saturated carbocycles. The second kappa shape index (κ2) is 3.67. The highest BCUT2D eigenvalue weighted by Crippen LogP contribution is 2.26. The number of benzene rings is 1. The van der Waals surface area contributed by atoms with Crippen LogP contribution in [0, 0.1) is 0 Å². The van der Waals surface area contributed by atoms with Gasteiger partial charge in [-0.2, -0.15) is 5.10 Å². The molecule has 1 aromatic carbocycles. The standard InChI is InChI=1S/C13H17N3/c1-13(2,3)12-8-9-15-16(12)11-7-5-4-6-10(11)14/h4-9H,14H2,1-3H3. The first kappa shape index (κ1) is 10.7. The van der Waals surface area contributed by atoms with Gasteiger partial charge in [0.25, 0.3) is 0 Å². The summed E-state index contributed by atoms with van der Waals surface area (Å²) in [6, 6.07) is 9.81. The van der Waals surface area contributed by atoms with E-state index in [0.717, 1.165) is 17.1 Å². The molecule has 2 N–H and O–H groups in total. The summed E-state index contributed by atoms with van der Waals surface area (Å²) < 4.78 is 1.91. The number of hydrogen-bond donors (Lipinski definition) is 1. The minimum atomic E-state index is 0.0543. The molecule has 0 spiro atoms. The average molecular weight is 215 g/mol. The highest BCUT2D eigenvalue weighted by molar-refractivity contribution is 5.57. The summed E-state index contributed by atoms with van der Waals surface area (Å²) in [5.74, 6) is 0. The van der Waals surface area contributed by atoms with Crippen LogP contribution in [0.3, 0.4) is 0 Å². The molecule has 1 heterocycles. The molecule has 84 valence electrons. The maximum absolute atomic E-state index is 5.96. The average Bonchev–Trinajstić information content (AvgIpc) is 2.66. The largest absolute Gasteiger partial charge is 0.397 e. The number of hydrogen-bond acceptors (Lipinski definition) is 2. The Balaban J connectivity index is 2.58. The second-order valence-corrected chi connectivity index (χ2v) is 4.94. The van der Waals surface area contributed by atoms with Crippen molar-refractivity contribution in [2.75, 3.05) is 5.73 Å². The molecule has 2 aromatic rings. The minimum absolute atomic E-state index is 0.0543. The Kier molecular flexibility index (Phi) is 2.46. The maximum Gasteiger partial charge on any atom is 0.0878 e. The van der Waals surface area contributed by atoms with Crippen LogP contribution in [-0.4, -0.2) is 9.78 Å².